The van der Waals surface area contributed by atoms with E-state index in [0.29, 0.717) is 17.6 Å². The topological polar surface area (TPSA) is 46.8 Å². The molecule has 0 radical (unpaired) electrons. The highest BCUT2D eigenvalue weighted by Gasteiger charge is 2.38. The van der Waals surface area contributed by atoms with Crippen LogP contribution in [0.3, 0.4) is 0 Å². The summed E-state index contributed by atoms with van der Waals surface area (Å²) < 4.78 is 2.46. The molecule has 0 saturated heterocycles. The first-order chi connectivity index (χ1) is 33.9. The number of fused-ring (bicyclic) bond motifs is 10. The molecule has 3 heterocycles. The van der Waals surface area contributed by atoms with Crippen molar-refractivity contribution in [2.45, 2.75) is 44.1 Å². The lowest BCUT2D eigenvalue weighted by molar-refractivity contribution is 0.662. The van der Waals surface area contributed by atoms with Crippen molar-refractivity contribution in [1.82, 2.24) is 19.5 Å². The van der Waals surface area contributed by atoms with Crippen molar-refractivity contribution in [2.75, 3.05) is 4.90 Å². The lowest BCUT2D eigenvalue weighted by atomic mass is 9.81. The first-order valence-electron chi connectivity index (χ1n) is 24.2. The standard InChI is InChI=1S/C64H47N5/c1-64(2)55-37-44-21-10-9-20-43(44)35-51(55)52-38-54-53-36-45(40-28-31-47(32-29-40)68-57-26-13-11-24-49(57)50-25-12-14-27-58(50)68)30-33-59(53)69(60(54)39-56(52)64)48-23-15-22-46(34-48)63-66-61(41-16-5-3-6-17-41)65-62(67-63)42-18-7-4-8-19-42/h3-7,9-18,20-39,49,57H,8,19H2,1-2H3. The molecule has 3 aliphatic carbocycles. The van der Waals surface area contributed by atoms with Gasteiger partial charge in [-0.25, -0.2) is 15.0 Å². The highest BCUT2D eigenvalue weighted by Crippen LogP contribution is 2.53. The van der Waals surface area contributed by atoms with Crippen molar-refractivity contribution < 1.29 is 0 Å². The number of rotatable bonds is 6. The Labute approximate surface area is 401 Å². The van der Waals surface area contributed by atoms with Crippen LogP contribution in [0.2, 0.25) is 0 Å². The van der Waals surface area contributed by atoms with Gasteiger partial charge in [0, 0.05) is 50.3 Å². The molecule has 0 N–H and O–H groups in total. The van der Waals surface area contributed by atoms with Crippen LogP contribution in [-0.4, -0.2) is 25.6 Å². The summed E-state index contributed by atoms with van der Waals surface area (Å²) in [5, 5.41) is 4.99. The van der Waals surface area contributed by atoms with Gasteiger partial charge in [0.15, 0.2) is 17.5 Å². The zero-order chi connectivity index (χ0) is 45.8. The number of hydrogen-bond acceptors (Lipinski definition) is 4. The smallest absolute Gasteiger partial charge is 0.164 e. The van der Waals surface area contributed by atoms with Gasteiger partial charge in [-0.1, -0.05) is 160 Å². The van der Waals surface area contributed by atoms with Gasteiger partial charge in [0.05, 0.1) is 17.1 Å². The lowest BCUT2D eigenvalue weighted by Gasteiger charge is -2.28. The van der Waals surface area contributed by atoms with Gasteiger partial charge in [-0.15, -0.1) is 0 Å². The van der Waals surface area contributed by atoms with E-state index in [9.17, 15) is 0 Å². The molecule has 10 aromatic rings. The molecule has 0 bridgehead atoms. The summed E-state index contributed by atoms with van der Waals surface area (Å²) in [6, 6.07) is 62.9. The maximum absolute atomic E-state index is 5.18. The molecule has 5 heteroatoms. The maximum atomic E-state index is 5.18. The highest BCUT2D eigenvalue weighted by atomic mass is 15.2. The van der Waals surface area contributed by atoms with Crippen LogP contribution >= 0.6 is 0 Å². The molecule has 0 fully saturated rings. The van der Waals surface area contributed by atoms with E-state index < -0.39 is 0 Å². The van der Waals surface area contributed by atoms with Crippen LogP contribution in [0.25, 0.3) is 88.9 Å². The Morgan fingerprint density at radius 3 is 2.04 bits per heavy atom. The van der Waals surface area contributed by atoms with Crippen molar-refractivity contribution in [3.8, 4) is 50.7 Å². The summed E-state index contributed by atoms with van der Waals surface area (Å²) in [6.45, 7) is 4.77. The largest absolute Gasteiger partial charge is 0.333 e. The number of anilines is 2. The fourth-order valence-corrected chi connectivity index (χ4v) is 11.7. The molecule has 328 valence electrons. The molecule has 4 aliphatic rings. The fraction of sp³-hybridized carbons (Fsp3) is 0.109. The second-order valence-electron chi connectivity index (χ2n) is 19.5. The molecular weight excluding hydrogens is 839 g/mol. The minimum atomic E-state index is -0.198. The summed E-state index contributed by atoms with van der Waals surface area (Å²) in [4.78, 5) is 17.9. The molecule has 69 heavy (non-hydrogen) atoms. The van der Waals surface area contributed by atoms with E-state index in [1.165, 1.54) is 77.4 Å². The normalized spacial score (nSPS) is 17.3. The summed E-state index contributed by atoms with van der Waals surface area (Å²) in [5.74, 6) is 2.42. The number of nitrogens with zero attached hydrogens (tertiary/aromatic N) is 5. The van der Waals surface area contributed by atoms with Crippen molar-refractivity contribution >= 4 is 49.5 Å². The number of para-hydroxylation sites is 1. The Bertz CT molecular complexity index is 3880. The van der Waals surface area contributed by atoms with E-state index in [-0.39, 0.29) is 11.5 Å². The van der Waals surface area contributed by atoms with E-state index in [2.05, 4.69) is 218 Å². The van der Waals surface area contributed by atoms with Crippen molar-refractivity contribution in [3.05, 3.63) is 235 Å². The van der Waals surface area contributed by atoms with E-state index in [1.54, 1.807) is 0 Å². The van der Waals surface area contributed by atoms with Crippen LogP contribution in [0.15, 0.2) is 212 Å². The zero-order valence-corrected chi connectivity index (χ0v) is 38.5. The molecule has 5 nitrogen and oxygen atoms in total. The van der Waals surface area contributed by atoms with Gasteiger partial charge in [0.2, 0.25) is 0 Å². The predicted octanol–water partition coefficient (Wildman–Crippen LogP) is 15.9. The van der Waals surface area contributed by atoms with E-state index in [0.717, 1.165) is 46.6 Å². The molecular formula is C64H47N5. The Balaban J connectivity index is 0.937. The zero-order valence-electron chi connectivity index (χ0n) is 38.5. The molecule has 2 atom stereocenters. The van der Waals surface area contributed by atoms with Crippen molar-refractivity contribution in [1.29, 1.82) is 0 Å². The summed E-state index contributed by atoms with van der Waals surface area (Å²) in [7, 11) is 0. The molecule has 2 unspecified atom stereocenters. The summed E-state index contributed by atoms with van der Waals surface area (Å²) >= 11 is 0. The third-order valence-corrected chi connectivity index (χ3v) is 15.2. The number of benzene rings is 8. The van der Waals surface area contributed by atoms with E-state index in [4.69, 9.17) is 15.0 Å². The third-order valence-electron chi connectivity index (χ3n) is 15.2. The second-order valence-corrected chi connectivity index (χ2v) is 19.5. The van der Waals surface area contributed by atoms with E-state index >= 15 is 0 Å². The predicted molar refractivity (Wildman–Crippen MR) is 285 cm³/mol. The molecule has 8 aromatic carbocycles. The van der Waals surface area contributed by atoms with Gasteiger partial charge in [-0.3, -0.25) is 0 Å². The van der Waals surface area contributed by atoms with Gasteiger partial charge >= 0.3 is 0 Å². The number of hydrogen-bond donors (Lipinski definition) is 0. The van der Waals surface area contributed by atoms with Gasteiger partial charge in [-0.05, 0) is 135 Å². The van der Waals surface area contributed by atoms with Crippen LogP contribution in [0, 0.1) is 0 Å². The molecule has 2 aromatic heterocycles. The monoisotopic (exact) mass is 885 g/mol. The Kier molecular flexibility index (Phi) is 8.82. The van der Waals surface area contributed by atoms with E-state index in [1.807, 2.05) is 18.2 Å². The van der Waals surface area contributed by atoms with Crippen LogP contribution in [-0.2, 0) is 5.41 Å². The molecule has 14 rings (SSSR count). The first-order valence-corrected chi connectivity index (χ1v) is 24.2. The van der Waals surface area contributed by atoms with Gasteiger partial charge in [0.1, 0.15) is 0 Å². The Hall–Kier alpha value is -8.41. The molecule has 0 amide bonds. The number of aromatic nitrogens is 4. The van der Waals surface area contributed by atoms with Crippen LogP contribution in [0.1, 0.15) is 55.1 Å². The molecule has 1 aliphatic heterocycles. The molecule has 0 saturated carbocycles. The van der Waals surface area contributed by atoms with Crippen LogP contribution in [0.5, 0.6) is 0 Å². The quantitative estimate of drug-likeness (QED) is 0.167. The van der Waals surface area contributed by atoms with Gasteiger partial charge in [0.25, 0.3) is 0 Å². The first kappa shape index (κ1) is 39.7. The average molecular weight is 886 g/mol. The van der Waals surface area contributed by atoms with Crippen molar-refractivity contribution in [2.24, 2.45) is 0 Å². The van der Waals surface area contributed by atoms with Gasteiger partial charge < -0.3 is 9.47 Å². The van der Waals surface area contributed by atoms with Crippen molar-refractivity contribution in [3.63, 3.8) is 0 Å². The third kappa shape index (κ3) is 6.27. The summed E-state index contributed by atoms with van der Waals surface area (Å²) in [5.41, 5.74) is 17.8. The minimum Gasteiger partial charge on any atom is -0.333 e. The molecule has 0 spiro atoms. The fourth-order valence-electron chi connectivity index (χ4n) is 11.7. The van der Waals surface area contributed by atoms with Gasteiger partial charge in [-0.2, -0.15) is 0 Å². The maximum Gasteiger partial charge on any atom is 0.164 e. The minimum absolute atomic E-state index is 0.198. The van der Waals surface area contributed by atoms with Crippen LogP contribution < -0.4 is 4.90 Å². The SMILES string of the molecule is CC1(C)c2cc3ccccc3cc2-c2cc3c4cc(-c5ccc(N6c7ccccc7C7C=CC=CC76)cc5)ccc4n(-c4cccc(-c5nc(C6=CC=CCC6)nc(-c6ccccc6)n5)c4)c3cc21. The highest BCUT2D eigenvalue weighted by molar-refractivity contribution is 6.13. The average Bonchev–Trinajstić information content (AvgIpc) is 3.99. The second kappa shape index (κ2) is 15.3. The summed E-state index contributed by atoms with van der Waals surface area (Å²) in [6.07, 6.45) is 17.4. The Morgan fingerprint density at radius 1 is 0.507 bits per heavy atom. The lowest BCUT2D eigenvalue weighted by Crippen LogP contribution is -2.28. The Morgan fingerprint density at radius 2 is 1.20 bits per heavy atom. The van der Waals surface area contributed by atoms with Crippen LogP contribution in [0.4, 0.5) is 11.4 Å². The number of allylic oxidation sites excluding steroid dienone is 6.